The number of carbonyl (C=O) groups excluding carboxylic acids is 4. The minimum atomic E-state index is 0.250. The summed E-state index contributed by atoms with van der Waals surface area (Å²) in [6, 6.07) is 0. The first-order chi connectivity index (χ1) is 11.5. The molecular formula is C14H18BrN3O4S2. The molecule has 0 fully saturated rings. The second-order valence-corrected chi connectivity index (χ2v) is 6.96. The third-order valence-electron chi connectivity index (χ3n) is 2.11. The molecule has 0 bridgehead atoms. The van der Waals surface area contributed by atoms with Crippen LogP contribution in [0.5, 0.6) is 0 Å². The molecule has 0 aliphatic carbocycles. The van der Waals surface area contributed by atoms with Gasteiger partial charge in [-0.3, -0.25) is 0 Å². The number of halogens is 1. The van der Waals surface area contributed by atoms with Crippen LogP contribution in [0.3, 0.4) is 0 Å². The van der Waals surface area contributed by atoms with Crippen molar-refractivity contribution in [2.75, 3.05) is 5.73 Å². The van der Waals surface area contributed by atoms with Crippen LogP contribution in [0.1, 0.15) is 38.1 Å². The van der Waals surface area contributed by atoms with Gasteiger partial charge in [-0.05, 0) is 28.8 Å². The van der Waals surface area contributed by atoms with Gasteiger partial charge in [-0.2, -0.15) is 19.2 Å². The maximum atomic E-state index is 8.12. The molecule has 0 spiro atoms. The van der Waals surface area contributed by atoms with Gasteiger partial charge < -0.3 is 5.73 Å². The zero-order chi connectivity index (χ0) is 18.8. The average molecular weight is 436 g/mol. The van der Waals surface area contributed by atoms with E-state index < -0.39 is 0 Å². The summed E-state index contributed by atoms with van der Waals surface area (Å²) in [6.07, 6.45) is 4.97. The van der Waals surface area contributed by atoms with Crippen LogP contribution in [-0.4, -0.2) is 22.3 Å². The largest absolute Gasteiger partial charge is 0.375 e. The van der Waals surface area contributed by atoms with Crippen molar-refractivity contribution in [1.82, 2.24) is 9.97 Å². The summed E-state index contributed by atoms with van der Waals surface area (Å²) < 4.78 is 0.992. The van der Waals surface area contributed by atoms with Crippen LogP contribution in [0, 0.1) is 0 Å². The molecule has 0 saturated heterocycles. The second kappa shape index (κ2) is 17.7. The van der Waals surface area contributed by atoms with E-state index in [2.05, 4.69) is 45.1 Å². The predicted octanol–water partition coefficient (Wildman–Crippen LogP) is 3.37. The molecular weight excluding hydrogens is 418 g/mol. The van der Waals surface area contributed by atoms with E-state index >= 15 is 0 Å². The number of rotatable bonds is 4. The molecule has 0 radical (unpaired) electrons. The Kier molecular flexibility index (Phi) is 18.1. The summed E-state index contributed by atoms with van der Waals surface area (Å²) in [7, 11) is 0. The predicted molar refractivity (Wildman–Crippen MR) is 94.3 cm³/mol. The van der Waals surface area contributed by atoms with Crippen LogP contribution >= 0.6 is 38.6 Å². The topological polar surface area (TPSA) is 120 Å². The van der Waals surface area contributed by atoms with E-state index in [9.17, 15) is 0 Å². The molecule has 132 valence electrons. The third-order valence-corrected chi connectivity index (χ3v) is 4.24. The van der Waals surface area contributed by atoms with Crippen molar-refractivity contribution in [3.63, 3.8) is 0 Å². The van der Waals surface area contributed by atoms with E-state index in [0.717, 1.165) is 28.9 Å². The van der Waals surface area contributed by atoms with Gasteiger partial charge in [-0.1, -0.05) is 26.7 Å². The Morgan fingerprint density at radius 3 is 1.67 bits per heavy atom. The molecule has 2 aromatic heterocycles. The molecule has 10 heteroatoms. The van der Waals surface area contributed by atoms with Gasteiger partial charge in [0.2, 0.25) is 0 Å². The highest BCUT2D eigenvalue weighted by molar-refractivity contribution is 9.11. The van der Waals surface area contributed by atoms with E-state index in [-0.39, 0.29) is 12.3 Å². The maximum absolute atomic E-state index is 8.12. The molecule has 2 rings (SSSR count). The Labute approximate surface area is 156 Å². The minimum absolute atomic E-state index is 0.250. The Balaban J connectivity index is 0. The van der Waals surface area contributed by atoms with Crippen LogP contribution in [0.25, 0.3) is 0 Å². The molecule has 0 saturated carbocycles. The zero-order valence-electron chi connectivity index (χ0n) is 13.3. The highest BCUT2D eigenvalue weighted by Gasteiger charge is 1.95. The summed E-state index contributed by atoms with van der Waals surface area (Å²) in [5, 5.41) is 4.78. The summed E-state index contributed by atoms with van der Waals surface area (Å²) >= 11 is 6.47. The lowest BCUT2D eigenvalue weighted by Gasteiger charge is -1.85. The van der Waals surface area contributed by atoms with Crippen LogP contribution < -0.4 is 5.73 Å². The summed E-state index contributed by atoms with van der Waals surface area (Å²) in [6.45, 7) is 4.29. The molecule has 0 unspecified atom stereocenters. The van der Waals surface area contributed by atoms with E-state index in [1.165, 1.54) is 23.5 Å². The lowest BCUT2D eigenvalue weighted by atomic mass is 10.3. The number of aromatic nitrogens is 2. The van der Waals surface area contributed by atoms with Gasteiger partial charge in [0.1, 0.15) is 0 Å². The lowest BCUT2D eigenvalue weighted by molar-refractivity contribution is -0.193. The van der Waals surface area contributed by atoms with Crippen LogP contribution in [-0.2, 0) is 32.0 Å². The van der Waals surface area contributed by atoms with Crippen molar-refractivity contribution in [3.8, 4) is 0 Å². The highest BCUT2D eigenvalue weighted by atomic mass is 79.9. The van der Waals surface area contributed by atoms with Gasteiger partial charge in [0, 0.05) is 10.8 Å². The van der Waals surface area contributed by atoms with Crippen LogP contribution in [0.2, 0.25) is 0 Å². The molecule has 0 aromatic carbocycles. The first-order valence-corrected chi connectivity index (χ1v) is 9.32. The number of aryl methyl sites for hydroxylation is 2. The number of nitrogens with two attached hydrogens (primary N) is 1. The normalized spacial score (nSPS) is 8.12. The lowest BCUT2D eigenvalue weighted by Crippen LogP contribution is -1.85. The van der Waals surface area contributed by atoms with E-state index in [4.69, 9.17) is 24.9 Å². The Hall–Kier alpha value is -1.70. The summed E-state index contributed by atoms with van der Waals surface area (Å²) in [5.74, 6) is 0. The van der Waals surface area contributed by atoms with Crippen LogP contribution in [0.4, 0.5) is 5.13 Å². The molecule has 0 amide bonds. The van der Waals surface area contributed by atoms with Crippen molar-refractivity contribution in [3.05, 3.63) is 26.1 Å². The molecule has 2 aromatic rings. The van der Waals surface area contributed by atoms with E-state index in [1.807, 2.05) is 5.38 Å². The number of nitrogen functional groups attached to an aromatic ring is 1. The standard InChI is InChI=1S/C6H8BrNS.C6H10N2S.2CO2/c2*1-2-3-5-4-9-6(7)8-5;2*2-1-3/h4H,2-3H2,1H3;4H,2-3H2,1H3,(H2,7,8);;. The molecule has 7 nitrogen and oxygen atoms in total. The number of anilines is 1. The SMILES string of the molecule is CCCc1csc(Br)n1.CCCc1csc(N)n1.O=C=O.O=C=O. The highest BCUT2D eigenvalue weighted by Crippen LogP contribution is 2.16. The van der Waals surface area contributed by atoms with E-state index in [1.54, 1.807) is 11.3 Å². The van der Waals surface area contributed by atoms with Crippen molar-refractivity contribution in [2.45, 2.75) is 39.5 Å². The van der Waals surface area contributed by atoms with Gasteiger partial charge >= 0.3 is 12.3 Å². The fourth-order valence-corrected chi connectivity index (χ4v) is 3.03. The number of nitrogens with zero attached hydrogens (tertiary/aromatic N) is 2. The Morgan fingerprint density at radius 1 is 0.958 bits per heavy atom. The quantitative estimate of drug-likeness (QED) is 0.780. The zero-order valence-corrected chi connectivity index (χ0v) is 16.5. The monoisotopic (exact) mass is 435 g/mol. The van der Waals surface area contributed by atoms with Gasteiger partial charge in [0.05, 0.1) is 11.4 Å². The summed E-state index contributed by atoms with van der Waals surface area (Å²) in [5.41, 5.74) is 7.74. The van der Waals surface area contributed by atoms with Crippen molar-refractivity contribution in [2.24, 2.45) is 0 Å². The molecule has 2 N–H and O–H groups in total. The Morgan fingerprint density at radius 2 is 1.38 bits per heavy atom. The molecule has 0 aliphatic rings. The van der Waals surface area contributed by atoms with Gasteiger partial charge in [0.25, 0.3) is 0 Å². The average Bonchev–Trinajstić information content (AvgIpc) is 3.11. The smallest absolute Gasteiger partial charge is 0.373 e. The fraction of sp³-hybridized carbons (Fsp3) is 0.429. The van der Waals surface area contributed by atoms with Gasteiger partial charge in [-0.25, -0.2) is 9.97 Å². The van der Waals surface area contributed by atoms with Crippen molar-refractivity contribution >= 4 is 56.0 Å². The van der Waals surface area contributed by atoms with E-state index in [0.29, 0.717) is 5.13 Å². The van der Waals surface area contributed by atoms with Crippen molar-refractivity contribution in [1.29, 1.82) is 0 Å². The summed E-state index contributed by atoms with van der Waals surface area (Å²) in [4.78, 5) is 40.8. The fourth-order valence-electron chi connectivity index (χ4n) is 1.35. The maximum Gasteiger partial charge on any atom is 0.373 e. The number of hydrogen-bond donors (Lipinski definition) is 1. The second-order valence-electron chi connectivity index (χ2n) is 3.94. The molecule has 0 aliphatic heterocycles. The molecule has 24 heavy (non-hydrogen) atoms. The van der Waals surface area contributed by atoms with Crippen molar-refractivity contribution < 1.29 is 19.2 Å². The van der Waals surface area contributed by atoms with Crippen LogP contribution in [0.15, 0.2) is 14.7 Å². The van der Waals surface area contributed by atoms with Gasteiger partial charge in [-0.15, -0.1) is 22.7 Å². The number of thiazole rings is 2. The molecule has 2 heterocycles. The minimum Gasteiger partial charge on any atom is -0.375 e. The first kappa shape index (κ1) is 24.6. The number of hydrogen-bond acceptors (Lipinski definition) is 9. The van der Waals surface area contributed by atoms with Gasteiger partial charge in [0.15, 0.2) is 9.05 Å². The Bertz CT molecular complexity index is 565. The third kappa shape index (κ3) is 15.2. The first-order valence-electron chi connectivity index (χ1n) is 6.77. The molecule has 0 atom stereocenters.